The molecule has 0 aliphatic heterocycles. The minimum absolute atomic E-state index is 0.648. The number of hydrogen-bond donors (Lipinski definition) is 1. The lowest BCUT2D eigenvalue weighted by Gasteiger charge is -2.07. The van der Waals surface area contributed by atoms with E-state index in [9.17, 15) is 0 Å². The normalized spacial score (nSPS) is 12.2. The van der Waals surface area contributed by atoms with Crippen LogP contribution in [0, 0.1) is 0 Å². The van der Waals surface area contributed by atoms with Crippen LogP contribution in [0.2, 0.25) is 0 Å². The number of imidazole rings is 1. The van der Waals surface area contributed by atoms with E-state index in [4.69, 9.17) is 0 Å². The molecule has 0 unspecified atom stereocenters. The topological polar surface area (TPSA) is 67.5 Å². The Morgan fingerprint density at radius 2 is 2.22 bits per heavy atom. The summed E-state index contributed by atoms with van der Waals surface area (Å²) < 4.78 is 2.01. The third-order valence-electron chi connectivity index (χ3n) is 3.49. The molecule has 0 aromatic carbocycles. The van der Waals surface area contributed by atoms with Gasteiger partial charge in [0.25, 0.3) is 0 Å². The molecule has 0 saturated carbocycles. The zero-order valence-corrected chi connectivity index (χ0v) is 13.1. The van der Waals surface area contributed by atoms with Gasteiger partial charge in [-0.1, -0.05) is 12.1 Å². The SMILES string of the molecule is C/C=C(\C=N/C)c1cnc2c(NCc3cccnc3)nccn12. The second kappa shape index (κ2) is 6.83. The van der Waals surface area contributed by atoms with Crippen molar-refractivity contribution in [2.45, 2.75) is 13.5 Å². The number of nitrogens with one attached hydrogen (secondary N) is 1. The van der Waals surface area contributed by atoms with Crippen molar-refractivity contribution in [3.63, 3.8) is 0 Å². The average molecular weight is 306 g/mol. The summed E-state index contributed by atoms with van der Waals surface area (Å²) in [6, 6.07) is 3.94. The fraction of sp³-hybridized carbons (Fsp3) is 0.176. The predicted octanol–water partition coefficient (Wildman–Crippen LogP) is 2.84. The number of aliphatic imine (C=N–C) groups is 1. The van der Waals surface area contributed by atoms with E-state index in [1.54, 1.807) is 19.4 Å². The Morgan fingerprint density at radius 3 is 2.96 bits per heavy atom. The van der Waals surface area contributed by atoms with Gasteiger partial charge in [-0.2, -0.15) is 0 Å². The number of rotatable bonds is 5. The highest BCUT2D eigenvalue weighted by molar-refractivity contribution is 6.09. The quantitative estimate of drug-likeness (QED) is 0.736. The van der Waals surface area contributed by atoms with E-state index in [1.807, 2.05) is 54.3 Å². The number of pyridine rings is 1. The fourth-order valence-electron chi connectivity index (χ4n) is 2.37. The lowest BCUT2D eigenvalue weighted by Crippen LogP contribution is -2.04. The Morgan fingerprint density at radius 1 is 1.30 bits per heavy atom. The third kappa shape index (κ3) is 3.11. The van der Waals surface area contributed by atoms with Gasteiger partial charge in [0.05, 0.1) is 11.9 Å². The van der Waals surface area contributed by atoms with Crippen LogP contribution in [-0.4, -0.2) is 32.6 Å². The van der Waals surface area contributed by atoms with Gasteiger partial charge in [0, 0.05) is 50.2 Å². The van der Waals surface area contributed by atoms with Gasteiger partial charge in [0.2, 0.25) is 0 Å². The van der Waals surface area contributed by atoms with Gasteiger partial charge in [-0.05, 0) is 18.6 Å². The van der Waals surface area contributed by atoms with Crippen LogP contribution in [0.5, 0.6) is 0 Å². The Hall–Kier alpha value is -3.02. The Kier molecular flexibility index (Phi) is 4.42. The zero-order valence-electron chi connectivity index (χ0n) is 13.1. The van der Waals surface area contributed by atoms with E-state index < -0.39 is 0 Å². The number of hydrogen-bond acceptors (Lipinski definition) is 5. The van der Waals surface area contributed by atoms with Gasteiger partial charge in [0.15, 0.2) is 11.5 Å². The second-order valence-electron chi connectivity index (χ2n) is 4.96. The summed E-state index contributed by atoms with van der Waals surface area (Å²) in [4.78, 5) is 17.1. The molecule has 6 heteroatoms. The summed E-state index contributed by atoms with van der Waals surface area (Å²) in [5, 5.41) is 3.32. The molecular weight excluding hydrogens is 288 g/mol. The summed E-state index contributed by atoms with van der Waals surface area (Å²) in [5.41, 5.74) is 3.88. The van der Waals surface area contributed by atoms with Crippen molar-refractivity contribution in [2.75, 3.05) is 12.4 Å². The van der Waals surface area contributed by atoms with Crippen molar-refractivity contribution in [2.24, 2.45) is 4.99 Å². The molecule has 23 heavy (non-hydrogen) atoms. The van der Waals surface area contributed by atoms with E-state index in [0.717, 1.165) is 28.3 Å². The van der Waals surface area contributed by atoms with Crippen LogP contribution in [-0.2, 0) is 6.54 Å². The van der Waals surface area contributed by atoms with Crippen molar-refractivity contribution in [1.29, 1.82) is 0 Å². The van der Waals surface area contributed by atoms with Crippen molar-refractivity contribution in [1.82, 2.24) is 19.4 Å². The minimum Gasteiger partial charge on any atom is -0.363 e. The van der Waals surface area contributed by atoms with Gasteiger partial charge < -0.3 is 5.32 Å². The van der Waals surface area contributed by atoms with Gasteiger partial charge in [-0.15, -0.1) is 0 Å². The van der Waals surface area contributed by atoms with Crippen LogP contribution in [0.4, 0.5) is 5.82 Å². The third-order valence-corrected chi connectivity index (χ3v) is 3.49. The molecule has 6 nitrogen and oxygen atoms in total. The van der Waals surface area contributed by atoms with Crippen molar-refractivity contribution < 1.29 is 0 Å². The van der Waals surface area contributed by atoms with Crippen LogP contribution >= 0.6 is 0 Å². The molecule has 0 radical (unpaired) electrons. The lowest BCUT2D eigenvalue weighted by molar-refractivity contribution is 1.05. The van der Waals surface area contributed by atoms with E-state index in [-0.39, 0.29) is 0 Å². The van der Waals surface area contributed by atoms with Gasteiger partial charge >= 0.3 is 0 Å². The first-order chi connectivity index (χ1) is 11.3. The average Bonchev–Trinajstić information content (AvgIpc) is 3.03. The highest BCUT2D eigenvalue weighted by atomic mass is 15.1. The first-order valence-electron chi connectivity index (χ1n) is 7.37. The molecule has 0 amide bonds. The van der Waals surface area contributed by atoms with Crippen LogP contribution in [0.25, 0.3) is 11.2 Å². The van der Waals surface area contributed by atoms with Crippen molar-refractivity contribution >= 4 is 23.3 Å². The monoisotopic (exact) mass is 306 g/mol. The van der Waals surface area contributed by atoms with Gasteiger partial charge in [0.1, 0.15) is 0 Å². The molecule has 3 aromatic rings. The summed E-state index contributed by atoms with van der Waals surface area (Å²) >= 11 is 0. The maximum Gasteiger partial charge on any atom is 0.180 e. The molecule has 3 rings (SSSR count). The standard InChI is InChI=1S/C17H18N6/c1-3-14(11-18-2)15-12-22-17-16(20-7-8-23(15)17)21-10-13-5-4-6-19-9-13/h3-9,11-12H,10H2,1-2H3,(H,20,21)/b14-3+,18-11-. The van der Waals surface area contributed by atoms with E-state index >= 15 is 0 Å². The van der Waals surface area contributed by atoms with Crippen LogP contribution in [0.15, 0.2) is 54.2 Å². The molecule has 3 aromatic heterocycles. The first kappa shape index (κ1) is 14.9. The molecule has 0 fully saturated rings. The number of aromatic nitrogens is 4. The molecule has 0 saturated heterocycles. The second-order valence-corrected chi connectivity index (χ2v) is 4.96. The molecule has 3 heterocycles. The summed E-state index contributed by atoms with van der Waals surface area (Å²) in [7, 11) is 1.76. The molecular formula is C17H18N6. The highest BCUT2D eigenvalue weighted by Crippen LogP contribution is 2.19. The van der Waals surface area contributed by atoms with E-state index in [2.05, 4.69) is 25.3 Å². The van der Waals surface area contributed by atoms with Gasteiger partial charge in [-0.3, -0.25) is 14.4 Å². The molecule has 0 aliphatic rings. The molecule has 0 spiro atoms. The molecule has 0 atom stereocenters. The van der Waals surface area contributed by atoms with Crippen molar-refractivity contribution in [3.8, 4) is 0 Å². The number of allylic oxidation sites excluding steroid dienone is 2. The van der Waals surface area contributed by atoms with Gasteiger partial charge in [-0.25, -0.2) is 9.97 Å². The minimum atomic E-state index is 0.648. The lowest BCUT2D eigenvalue weighted by atomic mass is 10.2. The van der Waals surface area contributed by atoms with Crippen molar-refractivity contribution in [3.05, 3.63) is 60.5 Å². The Labute approximate surface area is 134 Å². The van der Waals surface area contributed by atoms with Crippen LogP contribution < -0.4 is 5.32 Å². The van der Waals surface area contributed by atoms with E-state index in [0.29, 0.717) is 6.54 Å². The summed E-state index contributed by atoms with van der Waals surface area (Å²) in [5.74, 6) is 0.742. The number of nitrogens with zero attached hydrogens (tertiary/aromatic N) is 5. The largest absolute Gasteiger partial charge is 0.363 e. The number of fused-ring (bicyclic) bond motifs is 1. The molecule has 0 aliphatic carbocycles. The molecule has 1 N–H and O–H groups in total. The Bertz CT molecular complexity index is 848. The maximum atomic E-state index is 4.50. The molecule has 0 bridgehead atoms. The van der Waals surface area contributed by atoms with E-state index in [1.165, 1.54) is 0 Å². The zero-order chi connectivity index (χ0) is 16.1. The van der Waals surface area contributed by atoms with Crippen LogP contribution in [0.3, 0.4) is 0 Å². The first-order valence-corrected chi connectivity index (χ1v) is 7.37. The summed E-state index contributed by atoms with van der Waals surface area (Å²) in [6.07, 6.45) is 12.9. The maximum absolute atomic E-state index is 4.50. The highest BCUT2D eigenvalue weighted by Gasteiger charge is 2.10. The fourth-order valence-corrected chi connectivity index (χ4v) is 2.37. The molecule has 116 valence electrons. The number of anilines is 1. The smallest absolute Gasteiger partial charge is 0.180 e. The summed E-state index contributed by atoms with van der Waals surface area (Å²) in [6.45, 7) is 2.63. The van der Waals surface area contributed by atoms with Crippen LogP contribution in [0.1, 0.15) is 18.2 Å². The predicted molar refractivity (Wildman–Crippen MR) is 92.6 cm³/mol. The Balaban J connectivity index is 1.92.